The monoisotopic (exact) mass is 226 g/mol. The summed E-state index contributed by atoms with van der Waals surface area (Å²) < 4.78 is 11.5. The molecule has 0 radical (unpaired) electrons. The highest BCUT2D eigenvalue weighted by Crippen LogP contribution is 2.33. The molecule has 1 aliphatic rings. The number of allylic oxidation sites excluding steroid dienone is 2. The van der Waals surface area contributed by atoms with Gasteiger partial charge in [0.15, 0.2) is 0 Å². The fourth-order valence-corrected chi connectivity index (χ4v) is 2.11. The zero-order valence-corrected chi connectivity index (χ0v) is 10.8. The van der Waals surface area contributed by atoms with Crippen LogP contribution in [0.1, 0.15) is 46.0 Å². The lowest BCUT2D eigenvalue weighted by molar-refractivity contribution is -0.0274. The second kappa shape index (κ2) is 7.86. The second-order valence-corrected chi connectivity index (χ2v) is 4.82. The van der Waals surface area contributed by atoms with E-state index in [0.29, 0.717) is 0 Å². The molecular formula is C14H26O2. The molecule has 2 heteroatoms. The van der Waals surface area contributed by atoms with Crippen molar-refractivity contribution in [2.75, 3.05) is 26.4 Å². The molecule has 0 saturated heterocycles. The summed E-state index contributed by atoms with van der Waals surface area (Å²) in [5, 5.41) is 0. The summed E-state index contributed by atoms with van der Waals surface area (Å²) in [4.78, 5) is 0. The third-order valence-corrected chi connectivity index (χ3v) is 3.07. The zero-order valence-electron chi connectivity index (χ0n) is 10.8. The Morgan fingerprint density at radius 3 is 2.06 bits per heavy atom. The highest BCUT2D eigenvalue weighted by Gasteiger charge is 2.30. The van der Waals surface area contributed by atoms with E-state index >= 15 is 0 Å². The normalized spacial score (nSPS) is 18.9. The minimum absolute atomic E-state index is 0.249. The molecule has 0 aromatic carbocycles. The van der Waals surface area contributed by atoms with Crippen molar-refractivity contribution in [2.45, 2.75) is 46.0 Å². The molecule has 2 nitrogen and oxygen atoms in total. The predicted octanol–water partition coefficient (Wildman–Crippen LogP) is 3.57. The van der Waals surface area contributed by atoms with Crippen molar-refractivity contribution in [3.05, 3.63) is 12.2 Å². The van der Waals surface area contributed by atoms with Gasteiger partial charge in [-0.3, -0.25) is 0 Å². The Bertz CT molecular complexity index is 189. The molecule has 0 atom stereocenters. The van der Waals surface area contributed by atoms with Crippen LogP contribution < -0.4 is 0 Å². The van der Waals surface area contributed by atoms with Crippen molar-refractivity contribution in [2.24, 2.45) is 5.41 Å². The van der Waals surface area contributed by atoms with Gasteiger partial charge < -0.3 is 9.47 Å². The maximum atomic E-state index is 5.74. The number of hydrogen-bond acceptors (Lipinski definition) is 2. The van der Waals surface area contributed by atoms with Crippen LogP contribution in [0.25, 0.3) is 0 Å². The standard InChI is InChI=1S/C14H26O2/c1-3-10-15-12-14(13-16-11-4-2)8-6-5-7-9-14/h5-6H,3-4,7-13H2,1-2H3. The average molecular weight is 226 g/mol. The topological polar surface area (TPSA) is 18.5 Å². The van der Waals surface area contributed by atoms with Gasteiger partial charge in [-0.2, -0.15) is 0 Å². The predicted molar refractivity (Wildman–Crippen MR) is 67.6 cm³/mol. The Hall–Kier alpha value is -0.340. The van der Waals surface area contributed by atoms with E-state index in [-0.39, 0.29) is 5.41 Å². The van der Waals surface area contributed by atoms with Crippen LogP contribution in [0.5, 0.6) is 0 Å². The van der Waals surface area contributed by atoms with Crippen LogP contribution >= 0.6 is 0 Å². The first-order valence-corrected chi connectivity index (χ1v) is 6.63. The molecular weight excluding hydrogens is 200 g/mol. The zero-order chi connectivity index (χ0) is 11.7. The first kappa shape index (κ1) is 13.7. The molecule has 0 unspecified atom stereocenters. The molecule has 0 spiro atoms. The maximum Gasteiger partial charge on any atom is 0.0547 e. The van der Waals surface area contributed by atoms with Gasteiger partial charge in [0.2, 0.25) is 0 Å². The van der Waals surface area contributed by atoms with Gasteiger partial charge in [-0.05, 0) is 32.1 Å². The average Bonchev–Trinajstić information content (AvgIpc) is 2.31. The molecule has 1 rings (SSSR count). The largest absolute Gasteiger partial charge is 0.381 e. The molecule has 0 aromatic heterocycles. The van der Waals surface area contributed by atoms with Crippen molar-refractivity contribution >= 4 is 0 Å². The quantitative estimate of drug-likeness (QED) is 0.465. The highest BCUT2D eigenvalue weighted by molar-refractivity contribution is 4.98. The molecule has 0 aromatic rings. The van der Waals surface area contributed by atoms with Gasteiger partial charge >= 0.3 is 0 Å². The van der Waals surface area contributed by atoms with Gasteiger partial charge in [0, 0.05) is 18.6 Å². The minimum atomic E-state index is 0.249. The summed E-state index contributed by atoms with van der Waals surface area (Å²) in [5.74, 6) is 0. The first-order valence-electron chi connectivity index (χ1n) is 6.63. The van der Waals surface area contributed by atoms with Gasteiger partial charge in [-0.15, -0.1) is 0 Å². The molecule has 0 amide bonds. The molecule has 0 heterocycles. The summed E-state index contributed by atoms with van der Waals surface area (Å²) in [5.41, 5.74) is 0.249. The van der Waals surface area contributed by atoms with E-state index in [4.69, 9.17) is 9.47 Å². The van der Waals surface area contributed by atoms with Crippen molar-refractivity contribution < 1.29 is 9.47 Å². The third kappa shape index (κ3) is 4.67. The Morgan fingerprint density at radius 1 is 1.00 bits per heavy atom. The number of rotatable bonds is 8. The molecule has 94 valence electrons. The van der Waals surface area contributed by atoms with Crippen LogP contribution in [0.15, 0.2) is 12.2 Å². The van der Waals surface area contributed by atoms with Crippen LogP contribution in [0.3, 0.4) is 0 Å². The van der Waals surface area contributed by atoms with Crippen molar-refractivity contribution in [3.63, 3.8) is 0 Å². The van der Waals surface area contributed by atoms with Crippen molar-refractivity contribution in [3.8, 4) is 0 Å². The Kier molecular flexibility index (Phi) is 6.74. The van der Waals surface area contributed by atoms with Gasteiger partial charge in [0.25, 0.3) is 0 Å². The number of ether oxygens (including phenoxy) is 2. The Balaban J connectivity index is 2.37. The van der Waals surface area contributed by atoms with E-state index in [0.717, 1.165) is 45.7 Å². The molecule has 16 heavy (non-hydrogen) atoms. The van der Waals surface area contributed by atoms with Gasteiger partial charge in [0.1, 0.15) is 0 Å². The lowest BCUT2D eigenvalue weighted by atomic mass is 9.78. The first-order chi connectivity index (χ1) is 7.83. The minimum Gasteiger partial charge on any atom is -0.381 e. The summed E-state index contributed by atoms with van der Waals surface area (Å²) in [7, 11) is 0. The van der Waals surface area contributed by atoms with Crippen LogP contribution in [0.2, 0.25) is 0 Å². The maximum absolute atomic E-state index is 5.74. The highest BCUT2D eigenvalue weighted by atomic mass is 16.5. The van der Waals surface area contributed by atoms with E-state index in [1.807, 2.05) is 0 Å². The molecule has 0 fully saturated rings. The Morgan fingerprint density at radius 2 is 1.62 bits per heavy atom. The van der Waals surface area contributed by atoms with Gasteiger partial charge in [0.05, 0.1) is 13.2 Å². The molecule has 1 aliphatic carbocycles. The fraction of sp³-hybridized carbons (Fsp3) is 0.857. The van der Waals surface area contributed by atoms with Crippen LogP contribution in [0, 0.1) is 5.41 Å². The van der Waals surface area contributed by atoms with Gasteiger partial charge in [-0.1, -0.05) is 26.0 Å². The van der Waals surface area contributed by atoms with Gasteiger partial charge in [-0.25, -0.2) is 0 Å². The summed E-state index contributed by atoms with van der Waals surface area (Å²) in [6.07, 6.45) is 10.2. The molecule has 0 saturated carbocycles. The van der Waals surface area contributed by atoms with E-state index in [1.54, 1.807) is 0 Å². The smallest absolute Gasteiger partial charge is 0.0547 e. The van der Waals surface area contributed by atoms with Crippen LogP contribution in [-0.4, -0.2) is 26.4 Å². The molecule has 0 N–H and O–H groups in total. The van der Waals surface area contributed by atoms with E-state index < -0.39 is 0 Å². The SMILES string of the molecule is CCCOCC1(COCCC)CC=CCC1. The van der Waals surface area contributed by atoms with E-state index in [9.17, 15) is 0 Å². The lowest BCUT2D eigenvalue weighted by Crippen LogP contribution is -2.33. The van der Waals surface area contributed by atoms with Crippen LogP contribution in [0.4, 0.5) is 0 Å². The van der Waals surface area contributed by atoms with E-state index in [1.165, 1.54) is 12.8 Å². The number of hydrogen-bond donors (Lipinski definition) is 0. The van der Waals surface area contributed by atoms with Crippen molar-refractivity contribution in [1.29, 1.82) is 0 Å². The summed E-state index contributed by atoms with van der Waals surface area (Å²) in [6, 6.07) is 0. The third-order valence-electron chi connectivity index (χ3n) is 3.07. The Labute approximate surface area is 100 Å². The second-order valence-electron chi connectivity index (χ2n) is 4.82. The van der Waals surface area contributed by atoms with E-state index in [2.05, 4.69) is 26.0 Å². The molecule has 0 bridgehead atoms. The summed E-state index contributed by atoms with van der Waals surface area (Å²) >= 11 is 0. The summed E-state index contributed by atoms with van der Waals surface area (Å²) in [6.45, 7) is 7.77. The van der Waals surface area contributed by atoms with Crippen LogP contribution in [-0.2, 0) is 9.47 Å². The molecule has 0 aliphatic heterocycles. The fourth-order valence-electron chi connectivity index (χ4n) is 2.11. The van der Waals surface area contributed by atoms with Crippen molar-refractivity contribution in [1.82, 2.24) is 0 Å². The lowest BCUT2D eigenvalue weighted by Gasteiger charge is -2.34.